The molecule has 0 saturated carbocycles. The minimum absolute atomic E-state index is 0.116. The molecule has 0 fully saturated rings. The second-order valence-corrected chi connectivity index (χ2v) is 4.93. The van der Waals surface area contributed by atoms with Gasteiger partial charge in [0.1, 0.15) is 0 Å². The summed E-state index contributed by atoms with van der Waals surface area (Å²) >= 11 is 1.33. The van der Waals surface area contributed by atoms with Crippen molar-refractivity contribution in [1.29, 1.82) is 0 Å². The first-order chi connectivity index (χ1) is 8.97. The lowest BCUT2D eigenvalue weighted by molar-refractivity contribution is -0.138. The van der Waals surface area contributed by atoms with Crippen molar-refractivity contribution in [2.75, 3.05) is 5.73 Å². The molecule has 0 aliphatic heterocycles. The Morgan fingerprint density at radius 3 is 2.42 bits per heavy atom. The van der Waals surface area contributed by atoms with Gasteiger partial charge < -0.3 is 5.73 Å². The lowest BCUT2D eigenvalue weighted by atomic mass is 10.1. The fourth-order valence-corrected chi connectivity index (χ4v) is 2.47. The summed E-state index contributed by atoms with van der Waals surface area (Å²) in [4.78, 5) is 4.73. The van der Waals surface area contributed by atoms with E-state index in [2.05, 4.69) is 4.98 Å². The maximum atomic E-state index is 12.9. The lowest BCUT2D eigenvalue weighted by Gasteiger charge is -2.13. The molecule has 0 bridgehead atoms. The van der Waals surface area contributed by atoms with Crippen LogP contribution in [-0.4, -0.2) is 4.98 Å². The van der Waals surface area contributed by atoms with Crippen LogP contribution in [0.15, 0.2) is 47.6 Å². The average molecular weight is 284 g/mol. The number of thioether (sulfide) groups is 1. The van der Waals surface area contributed by atoms with Gasteiger partial charge in [-0.25, -0.2) is 0 Å². The molecule has 0 aliphatic rings. The van der Waals surface area contributed by atoms with Crippen LogP contribution in [0, 0.1) is 0 Å². The number of aromatic nitrogens is 1. The zero-order valence-electron chi connectivity index (χ0n) is 9.82. The van der Waals surface area contributed by atoms with Gasteiger partial charge in [-0.1, -0.05) is 6.07 Å². The third-order valence-corrected chi connectivity index (χ3v) is 3.54. The highest BCUT2D eigenvalue weighted by Crippen LogP contribution is 2.35. The highest BCUT2D eigenvalue weighted by atomic mass is 32.2. The van der Waals surface area contributed by atoms with Crippen LogP contribution in [0.4, 0.5) is 18.9 Å². The van der Waals surface area contributed by atoms with Crippen molar-refractivity contribution in [2.24, 2.45) is 0 Å². The van der Waals surface area contributed by atoms with E-state index in [0.717, 1.165) is 11.0 Å². The summed E-state index contributed by atoms with van der Waals surface area (Å²) in [5, 5.41) is 0. The molecule has 6 heteroatoms. The number of anilines is 1. The number of nitrogens with zero attached hydrogens (tertiary/aromatic N) is 1. The highest BCUT2D eigenvalue weighted by molar-refractivity contribution is 7.98. The van der Waals surface area contributed by atoms with Gasteiger partial charge in [0.2, 0.25) is 0 Å². The molecular formula is C13H11F3N2S. The molecule has 0 unspecified atom stereocenters. The van der Waals surface area contributed by atoms with Gasteiger partial charge in [0.25, 0.3) is 0 Å². The Bertz CT molecular complexity index is 556. The molecule has 0 atom stereocenters. The topological polar surface area (TPSA) is 38.9 Å². The lowest BCUT2D eigenvalue weighted by Crippen LogP contribution is -2.09. The molecule has 1 aromatic heterocycles. The summed E-state index contributed by atoms with van der Waals surface area (Å²) in [6, 6.07) is 7.40. The van der Waals surface area contributed by atoms with Crippen molar-refractivity contribution in [1.82, 2.24) is 4.98 Å². The van der Waals surface area contributed by atoms with E-state index < -0.39 is 11.7 Å². The number of nitrogen functional groups attached to an aromatic ring is 1. The summed E-state index contributed by atoms with van der Waals surface area (Å²) < 4.78 is 38.6. The number of hydrogen-bond donors (Lipinski definition) is 1. The first kappa shape index (κ1) is 13.7. The Morgan fingerprint density at radius 1 is 1.11 bits per heavy atom. The Hall–Kier alpha value is -1.69. The Balaban J connectivity index is 2.21. The zero-order valence-corrected chi connectivity index (χ0v) is 10.6. The van der Waals surface area contributed by atoms with Crippen molar-refractivity contribution < 1.29 is 13.2 Å². The number of hydrogen-bond acceptors (Lipinski definition) is 3. The summed E-state index contributed by atoms with van der Waals surface area (Å²) in [5.41, 5.74) is 5.09. The van der Waals surface area contributed by atoms with Crippen molar-refractivity contribution in [3.63, 3.8) is 0 Å². The molecule has 0 spiro atoms. The molecular weight excluding hydrogens is 273 g/mol. The first-order valence-corrected chi connectivity index (χ1v) is 6.44. The standard InChI is InChI=1S/C13H11F3N2S/c14-13(15,16)12-7-10(17)2-1-9(12)8-19-11-3-5-18-6-4-11/h1-7H,8,17H2. The van der Waals surface area contributed by atoms with Crippen LogP contribution >= 0.6 is 11.8 Å². The fourth-order valence-electron chi connectivity index (χ4n) is 1.58. The molecule has 0 amide bonds. The molecule has 100 valence electrons. The van der Waals surface area contributed by atoms with E-state index >= 15 is 0 Å². The van der Waals surface area contributed by atoms with Gasteiger partial charge >= 0.3 is 6.18 Å². The number of halogens is 3. The van der Waals surface area contributed by atoms with E-state index in [1.807, 2.05) is 0 Å². The van der Waals surface area contributed by atoms with Crippen LogP contribution < -0.4 is 5.73 Å². The molecule has 2 nitrogen and oxygen atoms in total. The minimum Gasteiger partial charge on any atom is -0.399 e. The summed E-state index contributed by atoms with van der Waals surface area (Å²) in [6.07, 6.45) is -1.17. The summed E-state index contributed by atoms with van der Waals surface area (Å²) in [7, 11) is 0. The second kappa shape index (κ2) is 5.52. The molecule has 2 N–H and O–H groups in total. The van der Waals surface area contributed by atoms with Crippen LogP contribution in [0.3, 0.4) is 0 Å². The van der Waals surface area contributed by atoms with Gasteiger partial charge in [0.05, 0.1) is 5.56 Å². The molecule has 2 rings (SSSR count). The van der Waals surface area contributed by atoms with E-state index in [1.54, 1.807) is 24.5 Å². The van der Waals surface area contributed by atoms with Gasteiger partial charge in [0, 0.05) is 28.7 Å². The van der Waals surface area contributed by atoms with E-state index in [1.165, 1.54) is 23.9 Å². The van der Waals surface area contributed by atoms with Crippen molar-refractivity contribution >= 4 is 17.4 Å². The number of rotatable bonds is 3. The van der Waals surface area contributed by atoms with Gasteiger partial charge in [-0.15, -0.1) is 11.8 Å². The smallest absolute Gasteiger partial charge is 0.399 e. The number of nitrogens with two attached hydrogens (primary N) is 1. The maximum Gasteiger partial charge on any atom is 0.416 e. The molecule has 0 saturated heterocycles. The van der Waals surface area contributed by atoms with Crippen molar-refractivity contribution in [3.05, 3.63) is 53.9 Å². The van der Waals surface area contributed by atoms with E-state index in [0.29, 0.717) is 0 Å². The molecule has 2 aromatic rings. The molecule has 1 heterocycles. The normalized spacial score (nSPS) is 11.5. The van der Waals surface area contributed by atoms with E-state index in [9.17, 15) is 13.2 Å². The number of alkyl halides is 3. The highest BCUT2D eigenvalue weighted by Gasteiger charge is 2.33. The molecule has 19 heavy (non-hydrogen) atoms. The van der Waals surface area contributed by atoms with Gasteiger partial charge in [0.15, 0.2) is 0 Å². The maximum absolute atomic E-state index is 12.9. The average Bonchev–Trinajstić information content (AvgIpc) is 2.37. The minimum atomic E-state index is -4.39. The number of pyridine rings is 1. The van der Waals surface area contributed by atoms with Crippen LogP contribution in [0.1, 0.15) is 11.1 Å². The van der Waals surface area contributed by atoms with Crippen LogP contribution in [0.25, 0.3) is 0 Å². The van der Waals surface area contributed by atoms with E-state index in [-0.39, 0.29) is 17.0 Å². The molecule has 0 aliphatic carbocycles. The van der Waals surface area contributed by atoms with Crippen LogP contribution in [-0.2, 0) is 11.9 Å². The molecule has 1 aromatic carbocycles. The van der Waals surface area contributed by atoms with Gasteiger partial charge in [-0.3, -0.25) is 4.98 Å². The van der Waals surface area contributed by atoms with Crippen molar-refractivity contribution in [2.45, 2.75) is 16.8 Å². The number of benzene rings is 1. The molecule has 0 radical (unpaired) electrons. The predicted molar refractivity (Wildman–Crippen MR) is 69.7 cm³/mol. The first-order valence-electron chi connectivity index (χ1n) is 5.45. The van der Waals surface area contributed by atoms with Crippen LogP contribution in [0.5, 0.6) is 0 Å². The zero-order chi connectivity index (χ0) is 13.9. The summed E-state index contributed by atoms with van der Waals surface area (Å²) in [5.74, 6) is 0.235. The monoisotopic (exact) mass is 284 g/mol. The van der Waals surface area contributed by atoms with E-state index in [4.69, 9.17) is 5.73 Å². The van der Waals surface area contributed by atoms with Gasteiger partial charge in [-0.2, -0.15) is 13.2 Å². The van der Waals surface area contributed by atoms with Gasteiger partial charge in [-0.05, 0) is 29.8 Å². The third-order valence-electron chi connectivity index (χ3n) is 2.48. The Kier molecular flexibility index (Phi) is 3.99. The SMILES string of the molecule is Nc1ccc(CSc2ccncc2)c(C(F)(F)F)c1. The summed E-state index contributed by atoms with van der Waals surface area (Å²) in [6.45, 7) is 0. The Labute approximate surface area is 112 Å². The van der Waals surface area contributed by atoms with Crippen molar-refractivity contribution in [3.8, 4) is 0 Å². The van der Waals surface area contributed by atoms with Crippen LogP contribution in [0.2, 0.25) is 0 Å². The second-order valence-electron chi connectivity index (χ2n) is 3.89. The Morgan fingerprint density at radius 2 is 1.79 bits per heavy atom. The predicted octanol–water partition coefficient (Wildman–Crippen LogP) is 3.97. The quantitative estimate of drug-likeness (QED) is 0.684. The largest absolute Gasteiger partial charge is 0.416 e. The third kappa shape index (κ3) is 3.64. The fraction of sp³-hybridized carbons (Fsp3) is 0.154.